The van der Waals surface area contributed by atoms with Crippen LogP contribution in [0.4, 0.5) is 0 Å². The maximum atomic E-state index is 14.8. The lowest BCUT2D eigenvalue weighted by molar-refractivity contribution is 0.0972. The van der Waals surface area contributed by atoms with Crippen LogP contribution in [-0.4, -0.2) is 33.5 Å². The molecule has 0 radical (unpaired) electrons. The summed E-state index contributed by atoms with van der Waals surface area (Å²) in [6.45, 7) is 14.6. The van der Waals surface area contributed by atoms with Gasteiger partial charge in [0.25, 0.3) is 0 Å². The first kappa shape index (κ1) is 63.1. The number of hydrogen-bond donors (Lipinski definition) is 0. The van der Waals surface area contributed by atoms with E-state index in [0.717, 1.165) is 141 Å². The molecule has 11 heteroatoms. The van der Waals surface area contributed by atoms with Crippen molar-refractivity contribution in [2.45, 2.75) is 260 Å². The lowest BCUT2D eigenvalue weighted by Gasteiger charge is -2.20. The van der Waals surface area contributed by atoms with Gasteiger partial charge in [-0.15, -0.1) is 45.3 Å². The third-order valence-electron chi connectivity index (χ3n) is 15.8. The van der Waals surface area contributed by atoms with E-state index in [1.807, 2.05) is 0 Å². The number of carbonyl (C=O) groups excluding carboxylic acids is 2. The fraction of sp³-hybridized carbons (Fsp3) is 0.618. The van der Waals surface area contributed by atoms with Crippen molar-refractivity contribution in [2.24, 2.45) is 0 Å². The van der Waals surface area contributed by atoms with Gasteiger partial charge in [-0.3, -0.25) is 9.59 Å². The highest BCUT2D eigenvalue weighted by atomic mass is 32.1. The first-order valence-corrected chi connectivity index (χ1v) is 35.6. The Labute approximate surface area is 496 Å². The van der Waals surface area contributed by atoms with Gasteiger partial charge in [-0.05, 0) is 75.9 Å². The highest BCUT2D eigenvalue weighted by Gasteiger charge is 2.30. The molecule has 5 heterocycles. The van der Waals surface area contributed by atoms with Gasteiger partial charge in [-0.2, -0.15) is 8.75 Å². The minimum atomic E-state index is 0.210. The minimum Gasteiger partial charge on any atom is -0.489 e. The molecule has 432 valence electrons. The summed E-state index contributed by atoms with van der Waals surface area (Å²) in [6.07, 6.45) is 39.8. The number of hydrogen-bond acceptors (Lipinski definition) is 11. The zero-order valence-corrected chi connectivity index (χ0v) is 53.6. The van der Waals surface area contributed by atoms with E-state index in [2.05, 4.69) is 77.9 Å². The number of rotatable bonds is 43. The molecule has 79 heavy (non-hydrogen) atoms. The fourth-order valence-electron chi connectivity index (χ4n) is 11.3. The summed E-state index contributed by atoms with van der Waals surface area (Å²) < 4.78 is 26.2. The molecule has 0 saturated carbocycles. The number of benzene rings is 2. The Bertz CT molecular complexity index is 2820. The SMILES string of the molecule is CCCCCCCCCCCCC(=O)c1c2cc(-c3ccc(-c4c(OCCCCCCCC)c(OCCCCCCCC)c(-c5ccc(C)s5)c5nsnc45)s3)sc2c(C(=O)CCCCCCCCCCCC)c2cc(C)sc12. The van der Waals surface area contributed by atoms with Crippen molar-refractivity contribution in [3.8, 4) is 42.1 Å². The van der Waals surface area contributed by atoms with E-state index in [-0.39, 0.29) is 11.6 Å². The van der Waals surface area contributed by atoms with Crippen molar-refractivity contribution < 1.29 is 19.1 Å². The highest BCUT2D eigenvalue weighted by molar-refractivity contribution is 7.27. The minimum absolute atomic E-state index is 0.210. The van der Waals surface area contributed by atoms with E-state index in [4.69, 9.17) is 18.2 Å². The molecule has 7 rings (SSSR count). The van der Waals surface area contributed by atoms with Crippen LogP contribution >= 0.6 is 57.1 Å². The molecule has 5 aromatic heterocycles. The highest BCUT2D eigenvalue weighted by Crippen LogP contribution is 2.54. The van der Waals surface area contributed by atoms with Gasteiger partial charge in [-0.25, -0.2) is 0 Å². The molecule has 2 aromatic carbocycles. The van der Waals surface area contributed by atoms with Gasteiger partial charge in [0.15, 0.2) is 23.1 Å². The molecule has 0 amide bonds. The number of unbranched alkanes of at least 4 members (excludes halogenated alkanes) is 28. The standard InChI is InChI=1S/C68H96N2O4S5/c1-7-11-15-19-23-25-27-29-31-35-39-53(71)59-51-47-50(6)76-67(51)60(54(72)40-36-32-30-28-26-24-20-16-12-8-2)52-48-58(78-68(52)59)55-43-44-57(77-55)62-64-63(69-79-70-64)61(56-42-41-49(5)75-56)65(73-45-37-33-21-17-13-9-3)66(62)74-46-38-34-22-18-14-10-4/h41-44,47-48H,7-40,45-46H2,1-6H3. The summed E-state index contributed by atoms with van der Waals surface area (Å²) >= 11 is 8.14. The van der Waals surface area contributed by atoms with Crippen molar-refractivity contribution in [2.75, 3.05) is 13.2 Å². The molecule has 0 saturated heterocycles. The van der Waals surface area contributed by atoms with Gasteiger partial charge < -0.3 is 9.47 Å². The van der Waals surface area contributed by atoms with Crippen LogP contribution in [0.3, 0.4) is 0 Å². The van der Waals surface area contributed by atoms with Crippen LogP contribution < -0.4 is 9.47 Å². The summed E-state index contributed by atoms with van der Waals surface area (Å²) in [5.74, 6) is 1.96. The van der Waals surface area contributed by atoms with E-state index in [1.165, 1.54) is 171 Å². The molecular formula is C68H96N2O4S5. The molecular weight excluding hydrogens is 1070 g/mol. The third kappa shape index (κ3) is 18.3. The third-order valence-corrected chi connectivity index (χ3v) is 20.9. The maximum Gasteiger partial charge on any atom is 0.172 e. The Kier molecular flexibility index (Phi) is 27.8. The molecule has 0 atom stereocenters. The van der Waals surface area contributed by atoms with Crippen molar-refractivity contribution in [3.05, 3.63) is 57.3 Å². The number of Topliss-reactive ketones (excluding diaryl/α,β-unsaturated/α-hetero) is 2. The molecule has 0 aliphatic rings. The second-order valence-corrected chi connectivity index (χ2v) is 27.8. The number of ketones is 2. The summed E-state index contributed by atoms with van der Waals surface area (Å²) in [5, 5.41) is 1.92. The molecule has 0 aliphatic carbocycles. The van der Waals surface area contributed by atoms with Crippen LogP contribution in [0.1, 0.15) is 276 Å². The molecule has 0 unspecified atom stereocenters. The van der Waals surface area contributed by atoms with Crippen LogP contribution in [0.2, 0.25) is 0 Å². The molecule has 0 spiro atoms. The molecule has 7 aromatic rings. The summed E-state index contributed by atoms with van der Waals surface area (Å²) in [5.41, 5.74) is 5.27. The topological polar surface area (TPSA) is 78.4 Å². The van der Waals surface area contributed by atoms with Gasteiger partial charge in [0, 0.05) is 73.4 Å². The second-order valence-electron chi connectivity index (χ2n) is 22.6. The van der Waals surface area contributed by atoms with Gasteiger partial charge in [0.05, 0.1) is 36.1 Å². The van der Waals surface area contributed by atoms with Crippen LogP contribution in [0, 0.1) is 13.8 Å². The van der Waals surface area contributed by atoms with Crippen molar-refractivity contribution in [3.63, 3.8) is 0 Å². The zero-order valence-electron chi connectivity index (χ0n) is 49.5. The van der Waals surface area contributed by atoms with E-state index < -0.39 is 0 Å². The smallest absolute Gasteiger partial charge is 0.172 e. The van der Waals surface area contributed by atoms with E-state index in [1.54, 1.807) is 45.3 Å². The molecule has 6 nitrogen and oxygen atoms in total. The molecule has 0 bridgehead atoms. The number of ether oxygens (including phenoxy) is 2. The van der Waals surface area contributed by atoms with E-state index in [0.29, 0.717) is 26.1 Å². The second kappa shape index (κ2) is 34.8. The average Bonchev–Trinajstić information content (AvgIpc) is 4.52. The van der Waals surface area contributed by atoms with E-state index in [9.17, 15) is 9.59 Å². The van der Waals surface area contributed by atoms with Crippen molar-refractivity contribution >= 4 is 99.8 Å². The Morgan fingerprint density at radius 2 is 0.772 bits per heavy atom. The van der Waals surface area contributed by atoms with Crippen LogP contribution in [0.25, 0.3) is 61.8 Å². The number of aromatic nitrogens is 2. The predicted molar refractivity (Wildman–Crippen MR) is 349 cm³/mol. The lowest BCUT2D eigenvalue weighted by Crippen LogP contribution is -2.06. The molecule has 0 fully saturated rings. The maximum absolute atomic E-state index is 14.8. The van der Waals surface area contributed by atoms with Crippen LogP contribution in [0.5, 0.6) is 11.5 Å². The first-order chi connectivity index (χ1) is 38.8. The summed E-state index contributed by atoms with van der Waals surface area (Å²) in [4.78, 5) is 36.4. The average molecular weight is 1170 g/mol. The number of aryl methyl sites for hydroxylation is 2. The van der Waals surface area contributed by atoms with Gasteiger partial charge >= 0.3 is 0 Å². The Morgan fingerprint density at radius 3 is 1.22 bits per heavy atom. The Hall–Kier alpha value is -3.48. The van der Waals surface area contributed by atoms with Crippen molar-refractivity contribution in [1.29, 1.82) is 0 Å². The zero-order chi connectivity index (χ0) is 55.6. The monoisotopic (exact) mass is 1160 g/mol. The Balaban J connectivity index is 1.24. The number of carbonyl (C=O) groups is 2. The number of thiophene rings is 4. The molecule has 0 N–H and O–H groups in total. The lowest BCUT2D eigenvalue weighted by atomic mass is 9.93. The molecule has 0 aliphatic heterocycles. The Morgan fingerprint density at radius 1 is 0.392 bits per heavy atom. The van der Waals surface area contributed by atoms with Crippen molar-refractivity contribution in [1.82, 2.24) is 8.75 Å². The van der Waals surface area contributed by atoms with Crippen LogP contribution in [0.15, 0.2) is 36.4 Å². The number of nitrogens with zero attached hydrogens (tertiary/aromatic N) is 2. The van der Waals surface area contributed by atoms with E-state index >= 15 is 0 Å². The summed E-state index contributed by atoms with van der Waals surface area (Å²) in [6, 6.07) is 13.3. The van der Waals surface area contributed by atoms with Gasteiger partial charge in [0.1, 0.15) is 11.0 Å². The largest absolute Gasteiger partial charge is 0.489 e. The van der Waals surface area contributed by atoms with Gasteiger partial charge in [0.2, 0.25) is 0 Å². The number of fused-ring (bicyclic) bond motifs is 3. The summed E-state index contributed by atoms with van der Waals surface area (Å²) in [7, 11) is 0. The fourth-order valence-corrected chi connectivity index (χ4v) is 16.3. The van der Waals surface area contributed by atoms with Gasteiger partial charge in [-0.1, -0.05) is 207 Å². The first-order valence-electron chi connectivity index (χ1n) is 31.6. The quantitative estimate of drug-likeness (QED) is 0.0280. The predicted octanol–water partition coefficient (Wildman–Crippen LogP) is 24.3. The van der Waals surface area contributed by atoms with Crippen LogP contribution in [-0.2, 0) is 0 Å². The normalized spacial score (nSPS) is 11.8.